The molecule has 0 spiro atoms. The van der Waals surface area contributed by atoms with Crippen LogP contribution in [0.2, 0.25) is 0 Å². The Balaban J connectivity index is 2.75. The number of carbonyl (C=O) groups is 2. The lowest BCUT2D eigenvalue weighted by molar-refractivity contribution is -0.137. The molecule has 7 heteroatoms. The Kier molecular flexibility index (Phi) is 4.32. The lowest BCUT2D eigenvalue weighted by Gasteiger charge is -2.18. The number of aromatic nitrogens is 2. The molecule has 1 aromatic heterocycles. The van der Waals surface area contributed by atoms with Crippen LogP contribution in [0.5, 0.6) is 0 Å². The first-order valence-electron chi connectivity index (χ1n) is 5.15. The summed E-state index contributed by atoms with van der Waals surface area (Å²) in [5, 5.41) is 15.3. The van der Waals surface area contributed by atoms with Gasteiger partial charge in [-0.2, -0.15) is 5.10 Å². The lowest BCUT2D eigenvalue weighted by atomic mass is 10.4. The van der Waals surface area contributed by atoms with Crippen LogP contribution in [0.15, 0.2) is 6.20 Å². The molecular weight excluding hydrogens is 236 g/mol. The Morgan fingerprint density at radius 2 is 2.33 bits per heavy atom. The van der Waals surface area contributed by atoms with Crippen LogP contribution in [0.25, 0.3) is 0 Å². The smallest absolute Gasteiger partial charge is 0.323 e. The first kappa shape index (κ1) is 13.6. The number of aryl methyl sites for hydroxylation is 2. The van der Waals surface area contributed by atoms with Gasteiger partial charge in [-0.15, -0.1) is 6.42 Å². The zero-order valence-electron chi connectivity index (χ0n) is 10.2. The molecule has 2 N–H and O–H groups in total. The number of hydrogen-bond donors (Lipinski definition) is 2. The third kappa shape index (κ3) is 3.52. The van der Waals surface area contributed by atoms with Gasteiger partial charge in [-0.25, -0.2) is 4.79 Å². The molecule has 0 aliphatic rings. The zero-order valence-corrected chi connectivity index (χ0v) is 10.2. The second-order valence-corrected chi connectivity index (χ2v) is 3.69. The molecule has 0 aromatic carbocycles. The van der Waals surface area contributed by atoms with Gasteiger partial charge in [-0.1, -0.05) is 5.92 Å². The van der Waals surface area contributed by atoms with E-state index in [9.17, 15) is 9.59 Å². The highest BCUT2D eigenvalue weighted by Gasteiger charge is 2.17. The number of urea groups is 1. The molecule has 0 atom stereocenters. The van der Waals surface area contributed by atoms with E-state index in [2.05, 4.69) is 16.3 Å². The summed E-state index contributed by atoms with van der Waals surface area (Å²) in [7, 11) is 1.72. The summed E-state index contributed by atoms with van der Waals surface area (Å²) >= 11 is 0. The van der Waals surface area contributed by atoms with E-state index in [0.29, 0.717) is 11.4 Å². The minimum absolute atomic E-state index is 0.0720. The van der Waals surface area contributed by atoms with Crippen molar-refractivity contribution in [2.45, 2.75) is 6.92 Å². The fourth-order valence-corrected chi connectivity index (χ4v) is 1.39. The van der Waals surface area contributed by atoms with E-state index in [0.717, 1.165) is 4.90 Å². The van der Waals surface area contributed by atoms with Gasteiger partial charge in [0.1, 0.15) is 6.54 Å². The topological polar surface area (TPSA) is 87.5 Å². The number of carboxylic acid groups (broad SMARTS) is 1. The minimum atomic E-state index is -1.12. The lowest BCUT2D eigenvalue weighted by Crippen LogP contribution is -2.39. The highest BCUT2D eigenvalue weighted by molar-refractivity contribution is 5.91. The van der Waals surface area contributed by atoms with Crippen molar-refractivity contribution < 1.29 is 14.7 Å². The number of rotatable bonds is 4. The average Bonchev–Trinajstić information content (AvgIpc) is 2.56. The first-order valence-corrected chi connectivity index (χ1v) is 5.15. The average molecular weight is 250 g/mol. The molecule has 0 bridgehead atoms. The third-order valence-electron chi connectivity index (χ3n) is 2.15. The molecule has 0 unspecified atom stereocenters. The molecule has 0 aliphatic heterocycles. The van der Waals surface area contributed by atoms with Gasteiger partial charge in [0.05, 0.1) is 17.9 Å². The number of terminal acetylenes is 1. The maximum Gasteiger partial charge on any atom is 0.323 e. The largest absolute Gasteiger partial charge is 0.480 e. The molecular formula is C11H14N4O3. The minimum Gasteiger partial charge on any atom is -0.480 e. The van der Waals surface area contributed by atoms with Crippen molar-refractivity contribution in [2.75, 3.05) is 18.4 Å². The summed E-state index contributed by atoms with van der Waals surface area (Å²) in [6, 6.07) is -0.563. The number of carboxylic acids is 1. The van der Waals surface area contributed by atoms with Crippen molar-refractivity contribution in [1.82, 2.24) is 14.7 Å². The van der Waals surface area contributed by atoms with Gasteiger partial charge in [0, 0.05) is 13.2 Å². The second-order valence-electron chi connectivity index (χ2n) is 3.69. The van der Waals surface area contributed by atoms with Crippen LogP contribution in [-0.4, -0.2) is 44.9 Å². The van der Waals surface area contributed by atoms with Gasteiger partial charge in [-0.05, 0) is 6.92 Å². The summed E-state index contributed by atoms with van der Waals surface area (Å²) in [6.07, 6.45) is 6.72. The highest BCUT2D eigenvalue weighted by Crippen LogP contribution is 2.12. The number of nitrogens with zero attached hydrogens (tertiary/aromatic N) is 3. The van der Waals surface area contributed by atoms with Crippen LogP contribution < -0.4 is 5.32 Å². The predicted octanol–water partition coefficient (Wildman–Crippen LogP) is 0.280. The van der Waals surface area contributed by atoms with E-state index < -0.39 is 18.5 Å². The van der Waals surface area contributed by atoms with Crippen molar-refractivity contribution >= 4 is 17.7 Å². The van der Waals surface area contributed by atoms with E-state index in [1.807, 2.05) is 0 Å². The van der Waals surface area contributed by atoms with E-state index in [-0.39, 0.29) is 6.54 Å². The number of carbonyl (C=O) groups excluding carboxylic acids is 1. The highest BCUT2D eigenvalue weighted by atomic mass is 16.4. The molecule has 0 fully saturated rings. The number of aliphatic carboxylic acids is 1. The second kappa shape index (κ2) is 5.72. The van der Waals surface area contributed by atoms with Crippen LogP contribution >= 0.6 is 0 Å². The fraction of sp³-hybridized carbons (Fsp3) is 0.364. The number of hydrogen-bond acceptors (Lipinski definition) is 3. The SMILES string of the molecule is C#CCN(CC(=O)O)C(=O)Nc1cn(C)nc1C. The van der Waals surface area contributed by atoms with Crippen molar-refractivity contribution in [3.63, 3.8) is 0 Å². The summed E-state index contributed by atoms with van der Waals surface area (Å²) < 4.78 is 1.55. The molecule has 1 heterocycles. The first-order chi connectivity index (χ1) is 8.43. The van der Waals surface area contributed by atoms with E-state index in [1.165, 1.54) is 0 Å². The van der Waals surface area contributed by atoms with Crippen molar-refractivity contribution in [3.8, 4) is 12.3 Å². The molecule has 0 saturated carbocycles. The molecule has 1 aromatic rings. The molecule has 0 radical (unpaired) electrons. The van der Waals surface area contributed by atoms with E-state index in [1.54, 1.807) is 24.9 Å². The van der Waals surface area contributed by atoms with Crippen LogP contribution in [0.3, 0.4) is 0 Å². The van der Waals surface area contributed by atoms with Gasteiger partial charge < -0.3 is 15.3 Å². The Morgan fingerprint density at radius 3 is 2.78 bits per heavy atom. The number of anilines is 1. The fourth-order valence-electron chi connectivity index (χ4n) is 1.39. The maximum atomic E-state index is 11.8. The summed E-state index contributed by atoms with van der Waals surface area (Å²) in [4.78, 5) is 23.4. The monoisotopic (exact) mass is 250 g/mol. The maximum absolute atomic E-state index is 11.8. The van der Waals surface area contributed by atoms with E-state index >= 15 is 0 Å². The Hall–Kier alpha value is -2.49. The standard InChI is InChI=1S/C11H14N4O3/c1-4-5-15(7-10(16)17)11(18)12-9-6-14(3)13-8(9)2/h1,6H,5,7H2,2-3H3,(H,12,18)(H,16,17). The zero-order chi connectivity index (χ0) is 13.7. The Bertz CT molecular complexity index is 501. The molecule has 0 aliphatic carbocycles. The number of amides is 2. The molecule has 1 rings (SSSR count). The van der Waals surface area contributed by atoms with E-state index in [4.69, 9.17) is 11.5 Å². The quantitative estimate of drug-likeness (QED) is 0.751. The normalized spacial score (nSPS) is 9.61. The molecule has 96 valence electrons. The third-order valence-corrected chi connectivity index (χ3v) is 2.15. The summed E-state index contributed by atoms with van der Waals surface area (Å²) in [5.74, 6) is 1.12. The van der Waals surface area contributed by atoms with Crippen LogP contribution in [0, 0.1) is 19.3 Å². The Morgan fingerprint density at radius 1 is 1.67 bits per heavy atom. The van der Waals surface area contributed by atoms with Crippen LogP contribution in [0.4, 0.5) is 10.5 Å². The summed E-state index contributed by atoms with van der Waals surface area (Å²) in [6.45, 7) is 1.21. The van der Waals surface area contributed by atoms with Gasteiger partial charge in [0.25, 0.3) is 0 Å². The van der Waals surface area contributed by atoms with Gasteiger partial charge in [0.15, 0.2) is 0 Å². The molecule has 0 saturated heterocycles. The van der Waals surface area contributed by atoms with Crippen molar-refractivity contribution in [1.29, 1.82) is 0 Å². The molecule has 7 nitrogen and oxygen atoms in total. The van der Waals surface area contributed by atoms with Crippen molar-refractivity contribution in [3.05, 3.63) is 11.9 Å². The number of nitrogens with one attached hydrogen (secondary N) is 1. The predicted molar refractivity (Wildman–Crippen MR) is 65.0 cm³/mol. The molecule has 2 amide bonds. The van der Waals surface area contributed by atoms with Gasteiger partial charge >= 0.3 is 12.0 Å². The summed E-state index contributed by atoms with van der Waals surface area (Å²) in [5.41, 5.74) is 1.16. The van der Waals surface area contributed by atoms with Crippen LogP contribution in [0.1, 0.15) is 5.69 Å². The van der Waals surface area contributed by atoms with Gasteiger partial charge in [0.2, 0.25) is 0 Å². The van der Waals surface area contributed by atoms with Crippen LogP contribution in [-0.2, 0) is 11.8 Å². The molecule has 18 heavy (non-hydrogen) atoms. The Labute approximate surface area is 104 Å². The van der Waals surface area contributed by atoms with Gasteiger partial charge in [-0.3, -0.25) is 9.48 Å². The van der Waals surface area contributed by atoms with Crippen molar-refractivity contribution in [2.24, 2.45) is 7.05 Å².